The summed E-state index contributed by atoms with van der Waals surface area (Å²) < 4.78 is 53.3. The Labute approximate surface area is 151 Å². The maximum Gasteiger partial charge on any atom is 0.453 e. The molecular weight excluding hydrogens is 364 g/mol. The fourth-order valence-electron chi connectivity index (χ4n) is 3.04. The summed E-state index contributed by atoms with van der Waals surface area (Å²) >= 11 is 0. The first-order chi connectivity index (χ1) is 12.8. The average molecular weight is 378 g/mol. The van der Waals surface area contributed by atoms with Gasteiger partial charge >= 0.3 is 6.18 Å². The quantitative estimate of drug-likeness (QED) is 0.641. The fraction of sp³-hybridized carbons (Fsp3) is 0.294. The molecule has 10 heteroatoms. The summed E-state index contributed by atoms with van der Waals surface area (Å²) in [5, 5.41) is 3.59. The summed E-state index contributed by atoms with van der Waals surface area (Å²) in [6, 6.07) is 3.08. The largest absolute Gasteiger partial charge is 0.453 e. The van der Waals surface area contributed by atoms with Gasteiger partial charge in [0.15, 0.2) is 0 Å². The molecule has 0 amide bonds. The van der Waals surface area contributed by atoms with Gasteiger partial charge in [-0.2, -0.15) is 22.7 Å². The lowest BCUT2D eigenvalue weighted by Gasteiger charge is -2.28. The number of aryl methyl sites for hydroxylation is 1. The van der Waals surface area contributed by atoms with Crippen LogP contribution in [0.4, 0.5) is 23.4 Å². The lowest BCUT2D eigenvalue weighted by atomic mass is 10.0. The van der Waals surface area contributed by atoms with Crippen LogP contribution in [-0.4, -0.2) is 37.7 Å². The smallest absolute Gasteiger partial charge is 0.352 e. The van der Waals surface area contributed by atoms with Crippen LogP contribution >= 0.6 is 0 Å². The first-order valence-corrected chi connectivity index (χ1v) is 8.18. The maximum atomic E-state index is 13.4. The van der Waals surface area contributed by atoms with E-state index in [0.717, 1.165) is 16.3 Å². The van der Waals surface area contributed by atoms with Crippen LogP contribution in [0.25, 0.3) is 11.4 Å². The normalized spacial score (nSPS) is 15.3. The highest BCUT2D eigenvalue weighted by Gasteiger charge is 2.37. The molecule has 0 unspecified atom stereocenters. The van der Waals surface area contributed by atoms with E-state index in [1.807, 2.05) is 11.0 Å². The van der Waals surface area contributed by atoms with E-state index in [9.17, 15) is 17.6 Å². The highest BCUT2D eigenvalue weighted by atomic mass is 19.4. The summed E-state index contributed by atoms with van der Waals surface area (Å²) in [6.07, 6.45) is 0.585. The number of alkyl halides is 3. The van der Waals surface area contributed by atoms with E-state index in [0.29, 0.717) is 36.6 Å². The molecule has 0 aliphatic carbocycles. The third kappa shape index (κ3) is 3.34. The molecule has 0 saturated carbocycles. The summed E-state index contributed by atoms with van der Waals surface area (Å²) in [4.78, 5) is 13.3. The van der Waals surface area contributed by atoms with Crippen LogP contribution in [0.2, 0.25) is 0 Å². The summed E-state index contributed by atoms with van der Waals surface area (Å²) in [5.74, 6) is -1.25. The Morgan fingerprint density at radius 3 is 2.59 bits per heavy atom. The lowest BCUT2D eigenvalue weighted by molar-refractivity contribution is -0.144. The Hall–Kier alpha value is -3.04. The van der Waals surface area contributed by atoms with Crippen molar-refractivity contribution < 1.29 is 17.6 Å². The van der Waals surface area contributed by atoms with Crippen LogP contribution in [0.5, 0.6) is 0 Å². The van der Waals surface area contributed by atoms with Crippen molar-refractivity contribution in [2.75, 3.05) is 18.0 Å². The van der Waals surface area contributed by atoms with Crippen molar-refractivity contribution in [1.29, 1.82) is 0 Å². The van der Waals surface area contributed by atoms with Crippen molar-refractivity contribution in [1.82, 2.24) is 24.6 Å². The van der Waals surface area contributed by atoms with Gasteiger partial charge in [-0.05, 0) is 30.5 Å². The van der Waals surface area contributed by atoms with Gasteiger partial charge in [0, 0.05) is 31.0 Å². The molecule has 0 atom stereocenters. The number of halogens is 4. The molecular formula is C17H14F4N6. The second kappa shape index (κ2) is 6.29. The van der Waals surface area contributed by atoms with Gasteiger partial charge in [0.05, 0.1) is 6.20 Å². The van der Waals surface area contributed by atoms with Crippen LogP contribution in [0.3, 0.4) is 0 Å². The zero-order valence-electron chi connectivity index (χ0n) is 14.2. The third-order valence-electron chi connectivity index (χ3n) is 4.28. The lowest BCUT2D eigenvalue weighted by Crippen LogP contribution is -2.30. The first-order valence-electron chi connectivity index (χ1n) is 8.18. The molecule has 3 aromatic heterocycles. The molecule has 0 saturated heterocycles. The molecule has 3 aromatic rings. The molecule has 1 aliphatic rings. The van der Waals surface area contributed by atoms with Gasteiger partial charge in [0.2, 0.25) is 0 Å². The summed E-state index contributed by atoms with van der Waals surface area (Å²) in [5.41, 5.74) is 2.18. The highest BCUT2D eigenvalue weighted by Crippen LogP contribution is 2.29. The van der Waals surface area contributed by atoms with Gasteiger partial charge in [-0.25, -0.2) is 9.37 Å². The Kier molecular flexibility index (Phi) is 4.05. The minimum Gasteiger partial charge on any atom is -0.352 e. The van der Waals surface area contributed by atoms with Crippen LogP contribution in [-0.2, 0) is 6.18 Å². The number of fused-ring (bicyclic) bond motifs is 1. The molecule has 0 radical (unpaired) electrons. The van der Waals surface area contributed by atoms with Crippen molar-refractivity contribution in [3.63, 3.8) is 0 Å². The fourth-order valence-corrected chi connectivity index (χ4v) is 3.04. The third-order valence-corrected chi connectivity index (χ3v) is 4.28. The number of hydrogen-bond acceptors (Lipinski definition) is 5. The van der Waals surface area contributed by atoms with Gasteiger partial charge in [-0.3, -0.25) is 4.98 Å². The van der Waals surface area contributed by atoms with Crippen molar-refractivity contribution >= 4 is 17.2 Å². The second-order valence-electron chi connectivity index (χ2n) is 6.22. The predicted octanol–water partition coefficient (Wildman–Crippen LogP) is 3.28. The van der Waals surface area contributed by atoms with E-state index in [1.54, 1.807) is 19.2 Å². The number of rotatable bonds is 2. The molecule has 6 nitrogen and oxygen atoms in total. The van der Waals surface area contributed by atoms with Crippen LogP contribution in [0, 0.1) is 12.7 Å². The zero-order valence-corrected chi connectivity index (χ0v) is 14.2. The van der Waals surface area contributed by atoms with Crippen molar-refractivity contribution in [3.05, 3.63) is 53.5 Å². The summed E-state index contributed by atoms with van der Waals surface area (Å²) in [6.45, 7) is 2.66. The van der Waals surface area contributed by atoms with Crippen LogP contribution in [0.15, 0.2) is 30.6 Å². The number of nitrogens with zero attached hydrogens (tertiary/aromatic N) is 6. The van der Waals surface area contributed by atoms with Gasteiger partial charge in [-0.1, -0.05) is 6.08 Å². The Morgan fingerprint density at radius 1 is 1.11 bits per heavy atom. The minimum absolute atomic E-state index is 0.0959. The molecule has 4 rings (SSSR count). The van der Waals surface area contributed by atoms with Gasteiger partial charge < -0.3 is 4.90 Å². The van der Waals surface area contributed by atoms with Gasteiger partial charge in [-0.15, -0.1) is 5.10 Å². The van der Waals surface area contributed by atoms with E-state index >= 15 is 0 Å². The van der Waals surface area contributed by atoms with Crippen molar-refractivity contribution in [2.24, 2.45) is 0 Å². The van der Waals surface area contributed by atoms with Gasteiger partial charge in [0.25, 0.3) is 11.6 Å². The Bertz CT molecular complexity index is 1040. The molecule has 0 spiro atoms. The zero-order chi connectivity index (χ0) is 19.2. The molecule has 27 heavy (non-hydrogen) atoms. The van der Waals surface area contributed by atoms with E-state index in [2.05, 4.69) is 20.1 Å². The number of anilines is 1. The highest BCUT2D eigenvalue weighted by molar-refractivity contribution is 5.68. The maximum absolute atomic E-state index is 13.4. The van der Waals surface area contributed by atoms with Gasteiger partial charge in [0.1, 0.15) is 11.6 Å². The number of hydrogen-bond donors (Lipinski definition) is 0. The monoisotopic (exact) mass is 378 g/mol. The topological polar surface area (TPSA) is 59.2 Å². The SMILES string of the molecule is Cc1cc(N2CC=C(c3cncc(F)c3)CC2)n2nc(C(F)(F)F)nc2n1. The average Bonchev–Trinajstić information content (AvgIpc) is 3.05. The minimum atomic E-state index is -4.64. The van der Waals surface area contributed by atoms with E-state index in [1.165, 1.54) is 6.07 Å². The first kappa shape index (κ1) is 17.4. The molecule has 4 heterocycles. The van der Waals surface area contributed by atoms with E-state index in [4.69, 9.17) is 0 Å². The van der Waals surface area contributed by atoms with Crippen LogP contribution < -0.4 is 4.90 Å². The van der Waals surface area contributed by atoms with Crippen molar-refractivity contribution in [2.45, 2.75) is 19.5 Å². The van der Waals surface area contributed by atoms with E-state index < -0.39 is 17.8 Å². The standard InChI is InChI=1S/C17H14F4N6/c1-10-6-14(27-16(23-10)24-15(25-27)17(19,20)21)26-4-2-11(3-5-26)12-7-13(18)9-22-8-12/h2,6-9H,3-5H2,1H3. The van der Waals surface area contributed by atoms with E-state index in [-0.39, 0.29) is 5.78 Å². The molecule has 1 aliphatic heterocycles. The number of aromatic nitrogens is 5. The van der Waals surface area contributed by atoms with Crippen molar-refractivity contribution in [3.8, 4) is 0 Å². The molecule has 0 fully saturated rings. The molecule has 140 valence electrons. The summed E-state index contributed by atoms with van der Waals surface area (Å²) in [7, 11) is 0. The Balaban J connectivity index is 1.68. The molecule has 0 bridgehead atoms. The Morgan fingerprint density at radius 2 is 1.93 bits per heavy atom. The molecule has 0 aromatic carbocycles. The number of pyridine rings is 1. The second-order valence-corrected chi connectivity index (χ2v) is 6.22. The molecule has 0 N–H and O–H groups in total. The predicted molar refractivity (Wildman–Crippen MR) is 89.5 cm³/mol. The van der Waals surface area contributed by atoms with Crippen LogP contribution in [0.1, 0.15) is 23.5 Å².